The fourth-order valence-electron chi connectivity index (χ4n) is 6.16. The van der Waals surface area contributed by atoms with E-state index in [1.54, 1.807) is 24.3 Å². The van der Waals surface area contributed by atoms with Crippen LogP contribution in [0.1, 0.15) is 40.5 Å². The van der Waals surface area contributed by atoms with Gasteiger partial charge < -0.3 is 15.1 Å². The van der Waals surface area contributed by atoms with E-state index in [2.05, 4.69) is 10.2 Å². The zero-order valence-electron chi connectivity index (χ0n) is 25.0. The molecule has 6 rings (SSSR count). The predicted octanol–water partition coefficient (Wildman–Crippen LogP) is 5.44. The summed E-state index contributed by atoms with van der Waals surface area (Å²) in [5.41, 5.74) is 5.52. The summed E-state index contributed by atoms with van der Waals surface area (Å²) in [7, 11) is 0. The van der Waals surface area contributed by atoms with Crippen LogP contribution in [-0.2, 0) is 4.79 Å². The van der Waals surface area contributed by atoms with Crippen molar-refractivity contribution in [3.63, 3.8) is 0 Å². The quantitative estimate of drug-likeness (QED) is 0.325. The van der Waals surface area contributed by atoms with Crippen molar-refractivity contribution in [3.8, 4) is 22.5 Å². The van der Waals surface area contributed by atoms with Gasteiger partial charge in [0.25, 0.3) is 11.8 Å². The number of benzene rings is 3. The number of piperazine rings is 1. The Labute approximate surface area is 258 Å². The molecule has 0 saturated carbocycles. The van der Waals surface area contributed by atoms with Crippen LogP contribution in [0, 0.1) is 0 Å². The van der Waals surface area contributed by atoms with Crippen molar-refractivity contribution in [2.24, 2.45) is 0 Å². The van der Waals surface area contributed by atoms with Crippen molar-refractivity contribution in [2.75, 3.05) is 44.6 Å². The molecule has 224 valence electrons. The van der Waals surface area contributed by atoms with Crippen molar-refractivity contribution >= 4 is 23.4 Å². The lowest BCUT2D eigenvalue weighted by Crippen LogP contribution is -2.54. The molecule has 1 N–H and O–H groups in total. The van der Waals surface area contributed by atoms with Gasteiger partial charge >= 0.3 is 0 Å². The molecule has 2 aliphatic heterocycles. The summed E-state index contributed by atoms with van der Waals surface area (Å²) < 4.78 is 0. The van der Waals surface area contributed by atoms with Gasteiger partial charge in [0, 0.05) is 80.2 Å². The number of hydrogen-bond donors (Lipinski definition) is 1. The average molecular weight is 588 g/mol. The van der Waals surface area contributed by atoms with Gasteiger partial charge in [0.1, 0.15) is 0 Å². The summed E-state index contributed by atoms with van der Waals surface area (Å²) in [6, 6.07) is 31.3. The minimum absolute atomic E-state index is 0.0235. The van der Waals surface area contributed by atoms with E-state index in [1.165, 1.54) is 6.92 Å². The maximum Gasteiger partial charge on any atom is 0.254 e. The van der Waals surface area contributed by atoms with Gasteiger partial charge in [-0.2, -0.15) is 0 Å². The van der Waals surface area contributed by atoms with Gasteiger partial charge in [-0.1, -0.05) is 60.7 Å². The van der Waals surface area contributed by atoms with E-state index in [9.17, 15) is 14.4 Å². The highest BCUT2D eigenvalue weighted by atomic mass is 16.2. The Kier molecular flexibility index (Phi) is 8.79. The highest BCUT2D eigenvalue weighted by Gasteiger charge is 2.31. The molecule has 44 heavy (non-hydrogen) atoms. The van der Waals surface area contributed by atoms with E-state index in [1.807, 2.05) is 82.6 Å². The molecule has 2 aliphatic rings. The number of amides is 3. The summed E-state index contributed by atoms with van der Waals surface area (Å²) in [6.07, 6.45) is 1.82. The Bertz CT molecular complexity index is 1550. The lowest BCUT2D eigenvalue weighted by molar-refractivity contribution is -0.114. The Balaban J connectivity index is 1.07. The van der Waals surface area contributed by atoms with Gasteiger partial charge in [0.05, 0.1) is 11.4 Å². The van der Waals surface area contributed by atoms with Crippen LogP contribution in [0.25, 0.3) is 22.5 Å². The van der Waals surface area contributed by atoms with Crippen molar-refractivity contribution in [3.05, 3.63) is 108 Å². The summed E-state index contributed by atoms with van der Waals surface area (Å²) >= 11 is 0. The number of hydrogen-bond acceptors (Lipinski definition) is 5. The molecule has 0 atom stereocenters. The molecule has 3 amide bonds. The molecule has 8 heteroatoms. The third-order valence-electron chi connectivity index (χ3n) is 8.53. The van der Waals surface area contributed by atoms with Crippen LogP contribution in [-0.4, -0.2) is 82.7 Å². The first-order chi connectivity index (χ1) is 21.4. The van der Waals surface area contributed by atoms with E-state index < -0.39 is 0 Å². The second-order valence-corrected chi connectivity index (χ2v) is 11.5. The number of anilines is 1. The van der Waals surface area contributed by atoms with Gasteiger partial charge in [-0.05, 0) is 49.2 Å². The van der Waals surface area contributed by atoms with Crippen molar-refractivity contribution in [1.82, 2.24) is 19.7 Å². The fraction of sp³-hybridized carbons (Fsp3) is 0.278. The van der Waals surface area contributed by atoms with Crippen molar-refractivity contribution < 1.29 is 14.4 Å². The van der Waals surface area contributed by atoms with Crippen LogP contribution in [0.4, 0.5) is 5.69 Å². The first-order valence-electron chi connectivity index (χ1n) is 15.3. The zero-order chi connectivity index (χ0) is 30.5. The summed E-state index contributed by atoms with van der Waals surface area (Å²) in [6.45, 7) is 5.85. The van der Waals surface area contributed by atoms with Gasteiger partial charge in [-0.3, -0.25) is 19.3 Å². The average Bonchev–Trinajstić information content (AvgIpc) is 3.08. The number of carbonyl (C=O) groups is 3. The number of rotatable bonds is 6. The van der Waals surface area contributed by atoms with Crippen LogP contribution in [0.2, 0.25) is 0 Å². The molecule has 2 saturated heterocycles. The SMILES string of the molecule is CC(=O)Nc1ccc(C(=O)N2CCC(N3CCN(C(=O)c4cc(-c5ccccc5)nc(-c5ccccc5)c4)CC3)CC2)cc1. The molecule has 8 nitrogen and oxygen atoms in total. The van der Waals surface area contributed by atoms with E-state index in [0.717, 1.165) is 48.4 Å². The van der Waals surface area contributed by atoms with Crippen LogP contribution in [0.5, 0.6) is 0 Å². The number of nitrogens with one attached hydrogen (secondary N) is 1. The molecule has 0 radical (unpaired) electrons. The topological polar surface area (TPSA) is 85.9 Å². The third kappa shape index (κ3) is 6.71. The van der Waals surface area contributed by atoms with Crippen LogP contribution in [0.15, 0.2) is 97.1 Å². The van der Waals surface area contributed by atoms with E-state index in [4.69, 9.17) is 4.98 Å². The molecular weight excluding hydrogens is 550 g/mol. The standard InChI is InChI=1S/C36H37N5O3/c1-26(42)37-31-14-12-29(13-15-31)35(43)40-18-16-32(17-19-40)39-20-22-41(23-21-39)36(44)30-24-33(27-8-4-2-5-9-27)38-34(25-30)28-10-6-3-7-11-28/h2-15,24-25,32H,16-23H2,1H3,(H,37,42). The molecule has 2 fully saturated rings. The van der Waals surface area contributed by atoms with Crippen molar-refractivity contribution in [2.45, 2.75) is 25.8 Å². The molecule has 0 unspecified atom stereocenters. The Morgan fingerprint density at radius 3 is 1.66 bits per heavy atom. The third-order valence-corrected chi connectivity index (χ3v) is 8.53. The smallest absolute Gasteiger partial charge is 0.254 e. The second-order valence-electron chi connectivity index (χ2n) is 11.5. The van der Waals surface area contributed by atoms with Crippen LogP contribution >= 0.6 is 0 Å². The highest BCUT2D eigenvalue weighted by molar-refractivity contribution is 5.97. The Hall–Kier alpha value is -4.82. The van der Waals surface area contributed by atoms with Crippen LogP contribution in [0.3, 0.4) is 0 Å². The Morgan fingerprint density at radius 1 is 0.636 bits per heavy atom. The first kappa shape index (κ1) is 29.3. The molecule has 1 aromatic heterocycles. The van der Waals surface area contributed by atoms with E-state index in [-0.39, 0.29) is 17.7 Å². The number of likely N-dealkylation sites (tertiary alicyclic amines) is 1. The second kappa shape index (κ2) is 13.2. The number of nitrogens with zero attached hydrogens (tertiary/aromatic N) is 4. The Morgan fingerprint density at radius 2 is 1.14 bits per heavy atom. The lowest BCUT2D eigenvalue weighted by atomic mass is 10.0. The zero-order valence-corrected chi connectivity index (χ0v) is 25.0. The summed E-state index contributed by atoms with van der Waals surface area (Å²) in [5.74, 6) is -0.0789. The van der Waals surface area contributed by atoms with Gasteiger partial charge in [-0.25, -0.2) is 4.98 Å². The van der Waals surface area contributed by atoms with Crippen LogP contribution < -0.4 is 5.32 Å². The monoisotopic (exact) mass is 587 g/mol. The molecular formula is C36H37N5O3. The van der Waals surface area contributed by atoms with E-state index >= 15 is 0 Å². The number of carbonyl (C=O) groups excluding carboxylic acids is 3. The molecule has 0 aliphatic carbocycles. The highest BCUT2D eigenvalue weighted by Crippen LogP contribution is 2.27. The van der Waals surface area contributed by atoms with Gasteiger partial charge in [0.2, 0.25) is 5.91 Å². The lowest BCUT2D eigenvalue weighted by Gasteiger charge is -2.42. The summed E-state index contributed by atoms with van der Waals surface area (Å²) in [4.78, 5) is 49.4. The van der Waals surface area contributed by atoms with Crippen molar-refractivity contribution in [1.29, 1.82) is 0 Å². The maximum atomic E-state index is 13.8. The number of pyridine rings is 1. The van der Waals surface area contributed by atoms with Gasteiger partial charge in [0.15, 0.2) is 0 Å². The minimum atomic E-state index is -0.136. The molecule has 3 aromatic carbocycles. The molecule has 3 heterocycles. The van der Waals surface area contributed by atoms with E-state index in [0.29, 0.717) is 49.0 Å². The molecule has 4 aromatic rings. The minimum Gasteiger partial charge on any atom is -0.339 e. The summed E-state index contributed by atoms with van der Waals surface area (Å²) in [5, 5.41) is 2.73. The maximum absolute atomic E-state index is 13.8. The number of piperidine rings is 1. The molecule has 0 spiro atoms. The molecule has 0 bridgehead atoms. The fourth-order valence-corrected chi connectivity index (χ4v) is 6.16. The predicted molar refractivity (Wildman–Crippen MR) is 172 cm³/mol. The normalized spacial score (nSPS) is 16.0. The largest absolute Gasteiger partial charge is 0.339 e. The first-order valence-corrected chi connectivity index (χ1v) is 15.3. The number of aromatic nitrogens is 1. The van der Waals surface area contributed by atoms with Gasteiger partial charge in [-0.15, -0.1) is 0 Å².